The number of carbonyl (C=O) groups is 1. The Labute approximate surface area is 104 Å². The quantitative estimate of drug-likeness (QED) is 0.763. The zero-order valence-electron chi connectivity index (χ0n) is 9.55. The molecule has 0 N–H and O–H groups in total. The van der Waals surface area contributed by atoms with Gasteiger partial charge < -0.3 is 4.74 Å². The Balaban J connectivity index is 1.96. The molecule has 4 heteroatoms. The van der Waals surface area contributed by atoms with E-state index in [0.29, 0.717) is 18.1 Å². The molecule has 2 aromatic heterocycles. The first-order valence-electron chi connectivity index (χ1n) is 5.36. The highest BCUT2D eigenvalue weighted by atomic mass is 32.1. The molecule has 0 aliphatic rings. The van der Waals surface area contributed by atoms with E-state index in [1.165, 1.54) is 5.56 Å². The summed E-state index contributed by atoms with van der Waals surface area (Å²) in [5.41, 5.74) is 2.44. The summed E-state index contributed by atoms with van der Waals surface area (Å²) in [5, 5.41) is 4.14. The SMILES string of the molecule is Cc1ccc(OCCc2ccsc2)c(C=O)n1. The highest BCUT2D eigenvalue weighted by molar-refractivity contribution is 7.07. The van der Waals surface area contributed by atoms with Crippen molar-refractivity contribution in [1.82, 2.24) is 4.98 Å². The van der Waals surface area contributed by atoms with Crippen LogP contribution in [0.3, 0.4) is 0 Å². The van der Waals surface area contributed by atoms with Crippen LogP contribution in [0.5, 0.6) is 5.75 Å². The van der Waals surface area contributed by atoms with E-state index >= 15 is 0 Å². The number of thiophene rings is 1. The smallest absolute Gasteiger partial charge is 0.172 e. The number of rotatable bonds is 5. The topological polar surface area (TPSA) is 39.2 Å². The average Bonchev–Trinajstić information content (AvgIpc) is 2.84. The molecule has 0 spiro atoms. The van der Waals surface area contributed by atoms with E-state index in [9.17, 15) is 4.79 Å². The minimum absolute atomic E-state index is 0.371. The van der Waals surface area contributed by atoms with Gasteiger partial charge in [0.2, 0.25) is 0 Å². The van der Waals surface area contributed by atoms with Gasteiger partial charge in [0.05, 0.1) is 6.61 Å². The first-order valence-corrected chi connectivity index (χ1v) is 6.30. The van der Waals surface area contributed by atoms with E-state index in [4.69, 9.17) is 4.74 Å². The van der Waals surface area contributed by atoms with Crippen molar-refractivity contribution < 1.29 is 9.53 Å². The maximum atomic E-state index is 10.8. The summed E-state index contributed by atoms with van der Waals surface area (Å²) in [6.07, 6.45) is 1.57. The van der Waals surface area contributed by atoms with E-state index < -0.39 is 0 Å². The molecule has 0 atom stereocenters. The van der Waals surface area contributed by atoms with Crippen molar-refractivity contribution in [1.29, 1.82) is 0 Å². The van der Waals surface area contributed by atoms with Crippen molar-refractivity contribution in [3.05, 3.63) is 45.9 Å². The van der Waals surface area contributed by atoms with Crippen LogP contribution in [0.4, 0.5) is 0 Å². The largest absolute Gasteiger partial charge is 0.491 e. The van der Waals surface area contributed by atoms with Crippen LogP contribution in [0, 0.1) is 6.92 Å². The number of aryl methyl sites for hydroxylation is 1. The maximum Gasteiger partial charge on any atom is 0.172 e. The zero-order valence-corrected chi connectivity index (χ0v) is 10.4. The van der Waals surface area contributed by atoms with Gasteiger partial charge in [-0.3, -0.25) is 4.79 Å². The highest BCUT2D eigenvalue weighted by Gasteiger charge is 2.04. The zero-order chi connectivity index (χ0) is 12.1. The molecule has 0 amide bonds. The third kappa shape index (κ3) is 3.14. The fourth-order valence-corrected chi connectivity index (χ4v) is 2.19. The molecule has 2 rings (SSSR count). The number of carbonyl (C=O) groups excluding carboxylic acids is 1. The molecule has 2 aromatic rings. The molecule has 0 aliphatic heterocycles. The van der Waals surface area contributed by atoms with Gasteiger partial charge in [-0.1, -0.05) is 0 Å². The molecule has 0 saturated heterocycles. The molecular formula is C13H13NO2S. The molecule has 3 nitrogen and oxygen atoms in total. The van der Waals surface area contributed by atoms with Crippen LogP contribution in [0.25, 0.3) is 0 Å². The minimum atomic E-state index is 0.371. The first kappa shape index (κ1) is 11.8. The van der Waals surface area contributed by atoms with Crippen molar-refractivity contribution in [2.45, 2.75) is 13.3 Å². The molecule has 17 heavy (non-hydrogen) atoms. The Bertz CT molecular complexity index is 494. The Morgan fingerprint density at radius 1 is 1.41 bits per heavy atom. The summed E-state index contributed by atoms with van der Waals surface area (Å²) in [6, 6.07) is 5.70. The van der Waals surface area contributed by atoms with Gasteiger partial charge >= 0.3 is 0 Å². The van der Waals surface area contributed by atoms with Crippen LogP contribution < -0.4 is 4.74 Å². The molecule has 0 unspecified atom stereocenters. The van der Waals surface area contributed by atoms with Crippen molar-refractivity contribution >= 4 is 17.6 Å². The lowest BCUT2D eigenvalue weighted by Gasteiger charge is -2.07. The second kappa shape index (κ2) is 5.59. The Hall–Kier alpha value is -1.68. The molecule has 0 aromatic carbocycles. The lowest BCUT2D eigenvalue weighted by molar-refractivity contribution is 0.111. The number of hydrogen-bond acceptors (Lipinski definition) is 4. The van der Waals surface area contributed by atoms with E-state index in [1.54, 1.807) is 17.4 Å². The lowest BCUT2D eigenvalue weighted by Crippen LogP contribution is -2.04. The molecule has 2 heterocycles. The standard InChI is InChI=1S/C13H13NO2S/c1-10-2-3-13(12(8-15)14-10)16-6-4-11-5-7-17-9-11/h2-3,5,7-9H,4,6H2,1H3. The van der Waals surface area contributed by atoms with Crippen LogP contribution >= 0.6 is 11.3 Å². The molecule has 0 radical (unpaired) electrons. The van der Waals surface area contributed by atoms with Gasteiger partial charge in [-0.15, -0.1) is 0 Å². The van der Waals surface area contributed by atoms with Gasteiger partial charge in [0, 0.05) is 12.1 Å². The van der Waals surface area contributed by atoms with Crippen LogP contribution in [0.15, 0.2) is 29.0 Å². The number of pyridine rings is 1. The van der Waals surface area contributed by atoms with Crippen LogP contribution in [0.2, 0.25) is 0 Å². The van der Waals surface area contributed by atoms with E-state index in [1.807, 2.05) is 18.4 Å². The predicted molar refractivity (Wildman–Crippen MR) is 67.9 cm³/mol. The second-order valence-corrected chi connectivity index (χ2v) is 4.46. The van der Waals surface area contributed by atoms with E-state index in [2.05, 4.69) is 16.4 Å². The Morgan fingerprint density at radius 3 is 3.00 bits per heavy atom. The van der Waals surface area contributed by atoms with Crippen LogP contribution in [-0.4, -0.2) is 17.9 Å². The molecule has 0 fully saturated rings. The number of hydrogen-bond donors (Lipinski definition) is 0. The first-order chi connectivity index (χ1) is 8.29. The van der Waals surface area contributed by atoms with Gasteiger partial charge in [0.15, 0.2) is 6.29 Å². The number of aromatic nitrogens is 1. The molecule has 88 valence electrons. The van der Waals surface area contributed by atoms with Crippen molar-refractivity contribution in [3.63, 3.8) is 0 Å². The minimum Gasteiger partial charge on any atom is -0.491 e. The highest BCUT2D eigenvalue weighted by Crippen LogP contribution is 2.15. The maximum absolute atomic E-state index is 10.8. The molecule has 0 aliphatic carbocycles. The van der Waals surface area contributed by atoms with E-state index in [-0.39, 0.29) is 0 Å². The normalized spacial score (nSPS) is 10.2. The van der Waals surface area contributed by atoms with Crippen LogP contribution in [0.1, 0.15) is 21.7 Å². The fourth-order valence-electron chi connectivity index (χ4n) is 1.48. The molecular weight excluding hydrogens is 234 g/mol. The number of aldehydes is 1. The third-order valence-corrected chi connectivity index (χ3v) is 3.10. The number of ether oxygens (including phenoxy) is 1. The number of nitrogens with zero attached hydrogens (tertiary/aromatic N) is 1. The fraction of sp³-hybridized carbons (Fsp3) is 0.231. The van der Waals surface area contributed by atoms with Gasteiger partial charge in [-0.25, -0.2) is 4.98 Å². The lowest BCUT2D eigenvalue weighted by atomic mass is 10.2. The van der Waals surface area contributed by atoms with Gasteiger partial charge in [-0.2, -0.15) is 11.3 Å². The summed E-state index contributed by atoms with van der Waals surface area (Å²) in [5.74, 6) is 0.556. The summed E-state index contributed by atoms with van der Waals surface area (Å²) in [6.45, 7) is 2.41. The Kier molecular flexibility index (Phi) is 3.88. The van der Waals surface area contributed by atoms with Crippen LogP contribution in [-0.2, 0) is 6.42 Å². The second-order valence-electron chi connectivity index (χ2n) is 3.68. The Morgan fingerprint density at radius 2 is 2.29 bits per heavy atom. The van der Waals surface area contributed by atoms with Crippen molar-refractivity contribution in [2.24, 2.45) is 0 Å². The van der Waals surface area contributed by atoms with Gasteiger partial charge in [0.1, 0.15) is 11.4 Å². The third-order valence-electron chi connectivity index (χ3n) is 2.37. The predicted octanol–water partition coefficient (Wildman–Crippen LogP) is 2.89. The summed E-state index contributed by atoms with van der Waals surface area (Å²) < 4.78 is 5.57. The van der Waals surface area contributed by atoms with Gasteiger partial charge in [0.25, 0.3) is 0 Å². The monoisotopic (exact) mass is 247 g/mol. The average molecular weight is 247 g/mol. The van der Waals surface area contributed by atoms with E-state index in [0.717, 1.165) is 18.4 Å². The summed E-state index contributed by atoms with van der Waals surface area (Å²) >= 11 is 1.67. The van der Waals surface area contributed by atoms with Crippen molar-refractivity contribution in [3.8, 4) is 5.75 Å². The van der Waals surface area contributed by atoms with Crippen molar-refractivity contribution in [2.75, 3.05) is 6.61 Å². The molecule has 0 bridgehead atoms. The summed E-state index contributed by atoms with van der Waals surface area (Å²) in [4.78, 5) is 14.9. The van der Waals surface area contributed by atoms with Gasteiger partial charge in [-0.05, 0) is 41.4 Å². The molecule has 0 saturated carbocycles. The summed E-state index contributed by atoms with van der Waals surface area (Å²) in [7, 11) is 0.